The van der Waals surface area contributed by atoms with Crippen molar-refractivity contribution in [1.29, 1.82) is 0 Å². The molecule has 29 heavy (non-hydrogen) atoms. The minimum absolute atomic E-state index is 0.00789. The third kappa shape index (κ3) is 4.70. The number of phenols is 1. The van der Waals surface area contributed by atoms with Gasteiger partial charge in [0.15, 0.2) is 5.78 Å². The number of thioether (sulfide) groups is 1. The summed E-state index contributed by atoms with van der Waals surface area (Å²) in [5, 5.41) is 44.9. The van der Waals surface area contributed by atoms with Crippen molar-refractivity contribution in [1.82, 2.24) is 10.6 Å². The maximum absolute atomic E-state index is 12.5. The summed E-state index contributed by atoms with van der Waals surface area (Å²) in [6, 6.07) is 2.62. The zero-order chi connectivity index (χ0) is 21.2. The highest BCUT2D eigenvalue weighted by molar-refractivity contribution is 8.01. The molecule has 2 fully saturated rings. The molecule has 158 valence electrons. The van der Waals surface area contributed by atoms with Gasteiger partial charge in [-0.3, -0.25) is 4.79 Å². The van der Waals surface area contributed by atoms with Crippen LogP contribution < -0.4 is 15.4 Å². The second-order valence-electron chi connectivity index (χ2n) is 7.48. The van der Waals surface area contributed by atoms with E-state index in [-0.39, 0.29) is 46.4 Å². The van der Waals surface area contributed by atoms with Crippen molar-refractivity contribution in [3.63, 3.8) is 0 Å². The number of carbonyl (C=O) groups excluding carboxylic acids is 1. The number of Topliss-reactive ketones (excluding diaryl/α,β-unsaturated/α-hetero) is 1. The molecule has 1 aromatic carbocycles. The fourth-order valence-electron chi connectivity index (χ4n) is 3.80. The minimum atomic E-state index is -1.74. The van der Waals surface area contributed by atoms with Crippen LogP contribution in [-0.4, -0.2) is 81.8 Å². The average molecular weight is 424 g/mol. The van der Waals surface area contributed by atoms with Crippen LogP contribution in [0.15, 0.2) is 12.1 Å². The summed E-state index contributed by atoms with van der Waals surface area (Å²) < 4.78 is 4.96. The Morgan fingerprint density at radius 1 is 1.41 bits per heavy atom. The van der Waals surface area contributed by atoms with Gasteiger partial charge in [-0.2, -0.15) is 11.8 Å². The quantitative estimate of drug-likeness (QED) is 0.284. The third-order valence-electron chi connectivity index (χ3n) is 5.62. The first-order valence-corrected chi connectivity index (χ1v) is 10.4. The molecule has 2 heterocycles. The first-order chi connectivity index (χ1) is 13.8. The van der Waals surface area contributed by atoms with Crippen LogP contribution in [0.5, 0.6) is 11.5 Å². The van der Waals surface area contributed by atoms with E-state index in [0.29, 0.717) is 0 Å². The molecule has 2 saturated heterocycles. The monoisotopic (exact) mass is 424 g/mol. The van der Waals surface area contributed by atoms with Crippen LogP contribution >= 0.6 is 11.8 Å². The number of hydrogen-bond donors (Lipinski definition) is 6. The molecule has 2 unspecified atom stereocenters. The molecule has 0 radical (unpaired) electrons. The summed E-state index contributed by atoms with van der Waals surface area (Å²) in [4.78, 5) is 23.9. The maximum Gasteiger partial charge on any atom is 0.465 e. The molecule has 0 aliphatic carbocycles. The second kappa shape index (κ2) is 8.92. The lowest BCUT2D eigenvalue weighted by molar-refractivity contribution is -0.118. The fraction of sp³-hybridized carbons (Fsp3) is 0.556. The summed E-state index contributed by atoms with van der Waals surface area (Å²) in [6.07, 6.45) is 1.74. The lowest BCUT2D eigenvalue weighted by Crippen LogP contribution is -2.58. The number of nitrogens with one attached hydrogen (secondary N) is 2. The van der Waals surface area contributed by atoms with Crippen molar-refractivity contribution in [3.05, 3.63) is 23.3 Å². The average Bonchev–Trinajstić information content (AvgIpc) is 3.11. The van der Waals surface area contributed by atoms with Gasteiger partial charge in [0, 0.05) is 17.2 Å². The lowest BCUT2D eigenvalue weighted by atomic mass is 9.81. The molecule has 9 nitrogen and oxygen atoms in total. The van der Waals surface area contributed by atoms with E-state index >= 15 is 0 Å². The van der Waals surface area contributed by atoms with E-state index in [1.165, 1.54) is 19.2 Å². The predicted molar refractivity (Wildman–Crippen MR) is 109 cm³/mol. The summed E-state index contributed by atoms with van der Waals surface area (Å²) in [7, 11) is -0.443. The Morgan fingerprint density at radius 3 is 2.66 bits per heavy atom. The zero-order valence-corrected chi connectivity index (χ0v) is 16.9. The number of rotatable bonds is 9. The highest BCUT2D eigenvalue weighted by Gasteiger charge is 2.45. The van der Waals surface area contributed by atoms with Gasteiger partial charge in [0.2, 0.25) is 0 Å². The number of carboxylic acids is 1. The van der Waals surface area contributed by atoms with Gasteiger partial charge in [-0.1, -0.05) is 6.07 Å². The highest BCUT2D eigenvalue weighted by atomic mass is 32.2. The van der Waals surface area contributed by atoms with Crippen molar-refractivity contribution >= 4 is 30.6 Å². The molecular formula is C18H25BN2O7S. The van der Waals surface area contributed by atoms with Crippen LogP contribution in [0.25, 0.3) is 0 Å². The summed E-state index contributed by atoms with van der Waals surface area (Å²) in [6.45, 7) is 1.71. The van der Waals surface area contributed by atoms with Crippen LogP contribution in [0.2, 0.25) is 0 Å². The van der Waals surface area contributed by atoms with E-state index in [2.05, 4.69) is 10.6 Å². The molecule has 0 saturated carbocycles. The Bertz CT molecular complexity index is 788. The van der Waals surface area contributed by atoms with E-state index in [1.807, 2.05) is 0 Å². The smallest absolute Gasteiger partial charge is 0.465 e. The maximum atomic E-state index is 12.5. The molecule has 0 aromatic heterocycles. The van der Waals surface area contributed by atoms with Gasteiger partial charge in [0.25, 0.3) is 0 Å². The number of carboxylic acid groups (broad SMARTS) is 1. The van der Waals surface area contributed by atoms with Crippen LogP contribution in [0.1, 0.15) is 28.8 Å². The van der Waals surface area contributed by atoms with Crippen molar-refractivity contribution in [2.75, 3.05) is 26.0 Å². The van der Waals surface area contributed by atoms with Crippen molar-refractivity contribution < 1.29 is 34.6 Å². The number of carbonyl (C=O) groups is 2. The molecule has 2 aliphatic heterocycles. The van der Waals surface area contributed by atoms with Gasteiger partial charge in [-0.05, 0) is 37.4 Å². The number of benzene rings is 1. The summed E-state index contributed by atoms with van der Waals surface area (Å²) in [5.74, 6) is -1.76. The van der Waals surface area contributed by atoms with Crippen LogP contribution in [-0.2, 0) is 11.2 Å². The highest BCUT2D eigenvalue weighted by Crippen LogP contribution is 2.34. The van der Waals surface area contributed by atoms with Gasteiger partial charge >= 0.3 is 13.1 Å². The van der Waals surface area contributed by atoms with Crippen molar-refractivity contribution in [2.45, 2.75) is 36.0 Å². The number of methoxy groups -OCH3 is 1. The summed E-state index contributed by atoms with van der Waals surface area (Å²) >= 11 is 1.08. The number of hydrogen-bond acceptors (Lipinski definition) is 9. The van der Waals surface area contributed by atoms with E-state index < -0.39 is 24.0 Å². The number of ketones is 1. The molecule has 0 amide bonds. The van der Waals surface area contributed by atoms with Gasteiger partial charge in [-0.25, -0.2) is 4.79 Å². The van der Waals surface area contributed by atoms with Gasteiger partial charge in [0.1, 0.15) is 17.1 Å². The Morgan fingerprint density at radius 2 is 2.14 bits per heavy atom. The summed E-state index contributed by atoms with van der Waals surface area (Å²) in [5.41, 5.74) is -0.133. The standard InChI is InChI=1S/C18H25BN2O7S/c1-28-13-3-2-10(16(23)15(13)17(24)25)6-14(19(26)27)29-8-12(22)11-7-18(9-20-11)4-5-21-18/h2-3,11,14,20-21,23,26-27H,4-9H2,1H3,(H,24,25)/t11?,14-,18?/m0/s1. The van der Waals surface area contributed by atoms with E-state index in [9.17, 15) is 29.9 Å². The van der Waals surface area contributed by atoms with Crippen LogP contribution in [0, 0.1) is 0 Å². The Labute approximate surface area is 173 Å². The van der Waals surface area contributed by atoms with Crippen molar-refractivity contribution in [3.8, 4) is 11.5 Å². The first kappa shape index (κ1) is 21.9. The Hall–Kier alpha value is -1.79. The predicted octanol–water partition coefficient (Wildman–Crippen LogP) is -0.582. The minimum Gasteiger partial charge on any atom is -0.507 e. The number of aromatic carboxylic acids is 1. The Kier molecular flexibility index (Phi) is 6.74. The molecule has 6 N–H and O–H groups in total. The zero-order valence-electron chi connectivity index (χ0n) is 16.1. The SMILES string of the molecule is COc1ccc(C[C@H](SCC(=O)C2CC3(CCN3)CN2)B(O)O)c(O)c1C(=O)O. The first-order valence-electron chi connectivity index (χ1n) is 9.37. The molecule has 3 atom stereocenters. The number of ether oxygens (including phenoxy) is 1. The molecule has 3 rings (SSSR count). The van der Waals surface area contributed by atoms with E-state index in [4.69, 9.17) is 4.74 Å². The lowest BCUT2D eigenvalue weighted by Gasteiger charge is -2.39. The normalized spacial score (nSPS) is 24.2. The molecule has 1 aromatic rings. The van der Waals surface area contributed by atoms with Crippen LogP contribution in [0.3, 0.4) is 0 Å². The van der Waals surface area contributed by atoms with E-state index in [1.54, 1.807) is 0 Å². The second-order valence-corrected chi connectivity index (χ2v) is 8.71. The van der Waals surface area contributed by atoms with Crippen molar-refractivity contribution in [2.24, 2.45) is 0 Å². The van der Waals surface area contributed by atoms with Gasteiger partial charge in [0.05, 0.1) is 18.9 Å². The molecular weight excluding hydrogens is 399 g/mol. The largest absolute Gasteiger partial charge is 0.507 e. The topological polar surface area (TPSA) is 148 Å². The Balaban J connectivity index is 1.64. The van der Waals surface area contributed by atoms with Gasteiger partial charge in [-0.15, -0.1) is 0 Å². The fourth-order valence-corrected chi connectivity index (χ4v) is 4.85. The molecule has 2 aliphatic rings. The van der Waals surface area contributed by atoms with Crippen LogP contribution in [0.4, 0.5) is 0 Å². The van der Waals surface area contributed by atoms with Gasteiger partial charge < -0.3 is 35.6 Å². The third-order valence-corrected chi connectivity index (χ3v) is 6.91. The molecule has 1 spiro atoms. The molecule has 11 heteroatoms. The van der Waals surface area contributed by atoms with E-state index in [0.717, 1.165) is 37.7 Å². The number of aromatic hydroxyl groups is 1. The molecule has 0 bridgehead atoms.